The van der Waals surface area contributed by atoms with E-state index in [4.69, 9.17) is 16.3 Å². The van der Waals surface area contributed by atoms with E-state index in [0.29, 0.717) is 23.7 Å². The van der Waals surface area contributed by atoms with Gasteiger partial charge in [0.05, 0.1) is 11.9 Å². The number of amides is 2. The van der Waals surface area contributed by atoms with Gasteiger partial charge in [0.15, 0.2) is 0 Å². The fourth-order valence-corrected chi connectivity index (χ4v) is 3.53. The van der Waals surface area contributed by atoms with E-state index in [1.807, 2.05) is 12.3 Å². The number of ether oxygens (including phenoxy) is 1. The molecule has 0 aliphatic carbocycles. The first-order valence-electron chi connectivity index (χ1n) is 9.27. The molecule has 0 bridgehead atoms. The van der Waals surface area contributed by atoms with Crippen molar-refractivity contribution in [3.8, 4) is 5.75 Å². The summed E-state index contributed by atoms with van der Waals surface area (Å²) < 4.78 is 5.98. The fraction of sp³-hybridized carbons (Fsp3) is 0.350. The summed E-state index contributed by atoms with van der Waals surface area (Å²) >= 11 is 5.84. The minimum atomic E-state index is -0.424. The number of hydrogen-bond donors (Lipinski definition) is 1. The van der Waals surface area contributed by atoms with Crippen LogP contribution in [0.3, 0.4) is 0 Å². The standard InChI is InChI=1S/C20H20ClN5O3/c1-11-18(29-13-3-4-15(24-8-13)20(28)22-2)10-26(11)9-12-5-17-16(23-7-12)6-14(21)19(27)25-17/h3-8,11,16,18H,9-10H2,1-2H3,(H,22,28)/t11-,16?,18+/m1/s1. The normalized spacial score (nSPS) is 26.0. The van der Waals surface area contributed by atoms with E-state index in [-0.39, 0.29) is 29.1 Å². The molecule has 0 radical (unpaired) electrons. The Bertz CT molecular complexity index is 967. The topological polar surface area (TPSA) is 96.2 Å². The van der Waals surface area contributed by atoms with Crippen molar-refractivity contribution >= 4 is 35.3 Å². The number of rotatable bonds is 5. The van der Waals surface area contributed by atoms with Crippen molar-refractivity contribution in [3.63, 3.8) is 0 Å². The average molecular weight is 414 g/mol. The van der Waals surface area contributed by atoms with Crippen LogP contribution in [0.2, 0.25) is 0 Å². The van der Waals surface area contributed by atoms with Gasteiger partial charge in [0.1, 0.15) is 28.6 Å². The number of hydrogen-bond acceptors (Lipinski definition) is 6. The molecule has 0 saturated carbocycles. The molecule has 1 aromatic heterocycles. The van der Waals surface area contributed by atoms with Crippen LogP contribution in [-0.2, 0) is 4.79 Å². The second kappa shape index (κ2) is 7.88. The molecule has 4 heterocycles. The highest BCUT2D eigenvalue weighted by atomic mass is 35.5. The van der Waals surface area contributed by atoms with Gasteiger partial charge in [-0.2, -0.15) is 0 Å². The summed E-state index contributed by atoms with van der Waals surface area (Å²) in [5.41, 5.74) is 1.96. The zero-order valence-electron chi connectivity index (χ0n) is 16.0. The summed E-state index contributed by atoms with van der Waals surface area (Å²) in [6, 6.07) is 3.31. The van der Waals surface area contributed by atoms with Crippen LogP contribution in [0.1, 0.15) is 17.4 Å². The minimum absolute atomic E-state index is 0.0341. The molecule has 4 rings (SSSR count). The lowest BCUT2D eigenvalue weighted by Crippen LogP contribution is -2.61. The zero-order chi connectivity index (χ0) is 20.5. The fourth-order valence-electron chi connectivity index (χ4n) is 3.37. The highest BCUT2D eigenvalue weighted by molar-refractivity contribution is 6.44. The molecule has 9 heteroatoms. The monoisotopic (exact) mass is 413 g/mol. The predicted molar refractivity (Wildman–Crippen MR) is 110 cm³/mol. The van der Waals surface area contributed by atoms with Crippen molar-refractivity contribution in [1.29, 1.82) is 0 Å². The van der Waals surface area contributed by atoms with Crippen molar-refractivity contribution < 1.29 is 14.3 Å². The van der Waals surface area contributed by atoms with E-state index in [1.54, 1.807) is 31.5 Å². The first-order chi connectivity index (χ1) is 13.9. The summed E-state index contributed by atoms with van der Waals surface area (Å²) in [6.45, 7) is 3.54. The summed E-state index contributed by atoms with van der Waals surface area (Å²) in [6.07, 6.45) is 6.93. The molecule has 3 aliphatic heterocycles. The van der Waals surface area contributed by atoms with Gasteiger partial charge in [-0.05, 0) is 36.8 Å². The first-order valence-corrected chi connectivity index (χ1v) is 9.65. The van der Waals surface area contributed by atoms with Gasteiger partial charge in [-0.1, -0.05) is 11.6 Å². The van der Waals surface area contributed by atoms with Gasteiger partial charge >= 0.3 is 0 Å². The van der Waals surface area contributed by atoms with E-state index < -0.39 is 5.91 Å². The summed E-state index contributed by atoms with van der Waals surface area (Å²) in [5.74, 6) is -0.0203. The Morgan fingerprint density at radius 3 is 2.93 bits per heavy atom. The second-order valence-electron chi connectivity index (χ2n) is 7.08. The molecule has 1 unspecified atom stereocenters. The maximum absolute atomic E-state index is 11.7. The summed E-state index contributed by atoms with van der Waals surface area (Å²) in [7, 11) is 1.57. The van der Waals surface area contributed by atoms with Gasteiger partial charge in [-0.3, -0.25) is 19.5 Å². The third-order valence-corrected chi connectivity index (χ3v) is 5.46. The van der Waals surface area contributed by atoms with Crippen LogP contribution < -0.4 is 10.1 Å². The lowest BCUT2D eigenvalue weighted by atomic mass is 9.97. The third kappa shape index (κ3) is 3.99. The van der Waals surface area contributed by atoms with Crippen LogP contribution in [0.4, 0.5) is 0 Å². The van der Waals surface area contributed by atoms with E-state index in [1.165, 1.54) is 0 Å². The number of carbonyl (C=O) groups is 2. The highest BCUT2D eigenvalue weighted by Crippen LogP contribution is 2.26. The van der Waals surface area contributed by atoms with Crippen molar-refractivity contribution in [2.75, 3.05) is 20.1 Å². The van der Waals surface area contributed by atoms with E-state index in [2.05, 4.69) is 32.1 Å². The van der Waals surface area contributed by atoms with Crippen molar-refractivity contribution in [2.45, 2.75) is 25.1 Å². The predicted octanol–water partition coefficient (Wildman–Crippen LogP) is 1.38. The Kier molecular flexibility index (Phi) is 5.29. The van der Waals surface area contributed by atoms with Crippen LogP contribution in [0.25, 0.3) is 0 Å². The number of pyridine rings is 1. The molecule has 3 atom stereocenters. The van der Waals surface area contributed by atoms with Crippen LogP contribution in [0.15, 0.2) is 51.1 Å². The molecule has 150 valence electrons. The average Bonchev–Trinajstić information content (AvgIpc) is 2.73. The summed E-state index contributed by atoms with van der Waals surface area (Å²) in [4.78, 5) is 38.0. The number of fused-ring (bicyclic) bond motifs is 1. The SMILES string of the molecule is CNC(=O)c1ccc(O[C@H]2CN(CC3=CC4=NC(=O)C(Cl)=CC4N=C3)[C@@H]2C)cn1. The molecule has 1 aromatic rings. The summed E-state index contributed by atoms with van der Waals surface area (Å²) in [5, 5.41) is 2.65. The highest BCUT2D eigenvalue weighted by Gasteiger charge is 2.37. The minimum Gasteiger partial charge on any atom is -0.486 e. The Morgan fingerprint density at radius 2 is 2.24 bits per heavy atom. The number of halogens is 1. The third-order valence-electron chi connectivity index (χ3n) is 5.17. The smallest absolute Gasteiger partial charge is 0.288 e. The van der Waals surface area contributed by atoms with Gasteiger partial charge in [-0.15, -0.1) is 0 Å². The van der Waals surface area contributed by atoms with Gasteiger partial charge in [0.2, 0.25) is 0 Å². The quantitative estimate of drug-likeness (QED) is 0.786. The van der Waals surface area contributed by atoms with Crippen LogP contribution in [0.5, 0.6) is 5.75 Å². The molecule has 2 amide bonds. The number of aromatic nitrogens is 1. The molecule has 3 aliphatic rings. The number of dihydropyridines is 2. The number of nitrogens with zero attached hydrogens (tertiary/aromatic N) is 4. The second-order valence-corrected chi connectivity index (χ2v) is 7.49. The van der Waals surface area contributed by atoms with Gasteiger partial charge in [-0.25, -0.2) is 9.98 Å². The van der Waals surface area contributed by atoms with E-state index in [9.17, 15) is 9.59 Å². The molecular weight excluding hydrogens is 394 g/mol. The molecule has 0 spiro atoms. The van der Waals surface area contributed by atoms with Crippen LogP contribution in [0, 0.1) is 0 Å². The number of carbonyl (C=O) groups excluding carboxylic acids is 2. The Labute approximate surface area is 173 Å². The number of aliphatic imine (C=N–C) groups is 2. The zero-order valence-corrected chi connectivity index (χ0v) is 16.8. The maximum Gasteiger partial charge on any atom is 0.288 e. The number of nitrogens with one attached hydrogen (secondary N) is 1. The largest absolute Gasteiger partial charge is 0.486 e. The van der Waals surface area contributed by atoms with Gasteiger partial charge in [0.25, 0.3) is 11.8 Å². The van der Waals surface area contributed by atoms with E-state index >= 15 is 0 Å². The molecule has 29 heavy (non-hydrogen) atoms. The molecule has 1 saturated heterocycles. The van der Waals surface area contributed by atoms with Gasteiger partial charge < -0.3 is 10.1 Å². The Hall–Kier alpha value is -2.84. The Balaban J connectivity index is 1.33. The molecular formula is C20H20ClN5O3. The lowest BCUT2D eigenvalue weighted by Gasteiger charge is -2.46. The number of likely N-dealkylation sites (tertiary alicyclic amines) is 1. The Morgan fingerprint density at radius 1 is 1.41 bits per heavy atom. The molecule has 1 fully saturated rings. The van der Waals surface area contributed by atoms with Crippen molar-refractivity contribution in [1.82, 2.24) is 15.2 Å². The maximum atomic E-state index is 11.7. The van der Waals surface area contributed by atoms with Gasteiger partial charge in [0, 0.05) is 32.4 Å². The van der Waals surface area contributed by atoms with E-state index in [0.717, 1.165) is 12.1 Å². The first kappa shape index (κ1) is 19.5. The molecule has 1 N–H and O–H groups in total. The van der Waals surface area contributed by atoms with Crippen molar-refractivity contribution in [2.24, 2.45) is 9.98 Å². The van der Waals surface area contributed by atoms with Crippen molar-refractivity contribution in [3.05, 3.63) is 46.8 Å². The molecule has 0 aromatic carbocycles. The lowest BCUT2D eigenvalue weighted by molar-refractivity contribution is -0.113. The van der Waals surface area contributed by atoms with Crippen LogP contribution >= 0.6 is 11.6 Å². The van der Waals surface area contributed by atoms with Crippen LogP contribution in [-0.4, -0.2) is 71.9 Å². The molecule has 8 nitrogen and oxygen atoms in total.